The zero-order chi connectivity index (χ0) is 15.5. The lowest BCUT2D eigenvalue weighted by Crippen LogP contribution is -2.12. The molecule has 0 fully saturated rings. The zero-order valence-corrected chi connectivity index (χ0v) is 11.6. The molecule has 0 spiro atoms. The fraction of sp³-hybridized carbons (Fsp3) is 0.0769. The maximum atomic E-state index is 11.9. The van der Waals surface area contributed by atoms with Gasteiger partial charge in [-0.3, -0.25) is 4.79 Å². The molecule has 0 aliphatic heterocycles. The number of benzene rings is 1. The number of sulfonamides is 1. The first kappa shape index (κ1) is 14.8. The number of hydrogen-bond acceptors (Lipinski definition) is 5. The first-order chi connectivity index (χ1) is 9.90. The number of furan rings is 1. The molecule has 2 aromatic rings. The van der Waals surface area contributed by atoms with Crippen LogP contribution in [0.3, 0.4) is 0 Å². The first-order valence-corrected chi connectivity index (χ1v) is 7.34. The van der Waals surface area contributed by atoms with Gasteiger partial charge in [0.1, 0.15) is 0 Å². The number of rotatable bonds is 4. The topological polar surface area (TPSA) is 126 Å². The molecule has 1 aromatic heterocycles. The average molecular weight is 305 g/mol. The molecule has 0 aliphatic carbocycles. The fourth-order valence-electron chi connectivity index (χ4n) is 1.59. The third-order valence-corrected chi connectivity index (χ3v) is 3.36. The minimum atomic E-state index is -3.98. The lowest BCUT2D eigenvalue weighted by Gasteiger charge is -2.03. The molecule has 0 radical (unpaired) electrons. The number of nitrogens with one attached hydrogen (secondary N) is 1. The Morgan fingerprint density at radius 3 is 2.43 bits per heavy atom. The number of anilines is 1. The Kier molecular flexibility index (Phi) is 4.07. The number of nitrogens with zero attached hydrogens (tertiary/aromatic N) is 1. The van der Waals surface area contributed by atoms with E-state index in [-0.39, 0.29) is 12.2 Å². The molecule has 0 aliphatic rings. The van der Waals surface area contributed by atoms with E-state index in [1.54, 1.807) is 24.3 Å². The summed E-state index contributed by atoms with van der Waals surface area (Å²) in [6.07, 6.45) is 0.282. The Bertz CT molecular complexity index is 801. The first-order valence-electron chi connectivity index (χ1n) is 5.80. The van der Waals surface area contributed by atoms with Crippen molar-refractivity contribution in [3.8, 4) is 6.07 Å². The number of nitriles is 1. The number of carbonyl (C=O) groups is 1. The van der Waals surface area contributed by atoms with E-state index in [0.29, 0.717) is 5.69 Å². The summed E-state index contributed by atoms with van der Waals surface area (Å²) in [5.74, 6) is -0.766. The van der Waals surface area contributed by atoms with Crippen LogP contribution in [0.2, 0.25) is 0 Å². The van der Waals surface area contributed by atoms with Crippen LogP contribution in [0.25, 0.3) is 0 Å². The van der Waals surface area contributed by atoms with E-state index in [2.05, 4.69) is 5.32 Å². The van der Waals surface area contributed by atoms with Gasteiger partial charge in [0.05, 0.1) is 12.5 Å². The molecule has 0 unspecified atom stereocenters. The molecule has 0 saturated heterocycles. The van der Waals surface area contributed by atoms with Crippen molar-refractivity contribution >= 4 is 21.6 Å². The van der Waals surface area contributed by atoms with E-state index in [1.165, 1.54) is 6.07 Å². The molecule has 0 bridgehead atoms. The number of amides is 1. The van der Waals surface area contributed by atoms with Crippen LogP contribution < -0.4 is 10.5 Å². The van der Waals surface area contributed by atoms with Crippen LogP contribution in [-0.2, 0) is 16.4 Å². The minimum absolute atomic E-state index is 0.167. The van der Waals surface area contributed by atoms with Crippen LogP contribution in [0.15, 0.2) is 45.9 Å². The number of carbonyl (C=O) groups excluding carboxylic acids is 1. The van der Waals surface area contributed by atoms with Gasteiger partial charge in [-0.2, -0.15) is 5.26 Å². The van der Waals surface area contributed by atoms with Crippen LogP contribution in [0.5, 0.6) is 0 Å². The van der Waals surface area contributed by atoms with Crippen LogP contribution in [-0.4, -0.2) is 14.3 Å². The second kappa shape index (κ2) is 5.78. The van der Waals surface area contributed by atoms with Crippen molar-refractivity contribution in [2.75, 3.05) is 5.32 Å². The van der Waals surface area contributed by atoms with E-state index in [9.17, 15) is 13.2 Å². The Morgan fingerprint density at radius 1 is 1.24 bits per heavy atom. The molecule has 108 valence electrons. The van der Waals surface area contributed by atoms with E-state index >= 15 is 0 Å². The highest BCUT2D eigenvalue weighted by Gasteiger charge is 2.17. The Morgan fingerprint density at radius 2 is 1.90 bits per heavy atom. The Labute approximate surface area is 121 Å². The van der Waals surface area contributed by atoms with Crippen molar-refractivity contribution < 1.29 is 17.6 Å². The molecule has 1 amide bonds. The van der Waals surface area contributed by atoms with Crippen molar-refractivity contribution in [2.45, 2.75) is 11.5 Å². The van der Waals surface area contributed by atoms with Gasteiger partial charge in [-0.05, 0) is 29.8 Å². The van der Waals surface area contributed by atoms with Gasteiger partial charge in [0.25, 0.3) is 15.9 Å². The summed E-state index contributed by atoms with van der Waals surface area (Å²) < 4.78 is 27.0. The third-order valence-electron chi connectivity index (χ3n) is 2.58. The van der Waals surface area contributed by atoms with Crippen molar-refractivity contribution in [2.24, 2.45) is 5.14 Å². The van der Waals surface area contributed by atoms with E-state index in [0.717, 1.165) is 11.6 Å². The fourth-order valence-corrected chi connectivity index (χ4v) is 2.05. The standard InChI is InChI=1S/C13H11N3O4S/c14-8-7-9-1-3-10(4-2-9)16-13(17)11-5-6-12(20-11)21(15,18)19/h1-6H,7H2,(H,16,17)(H2,15,18,19). The average Bonchev–Trinajstić information content (AvgIpc) is 2.91. The van der Waals surface area contributed by atoms with Crippen molar-refractivity contribution in [3.05, 3.63) is 47.7 Å². The second-order valence-corrected chi connectivity index (χ2v) is 5.64. The van der Waals surface area contributed by atoms with E-state index in [1.807, 2.05) is 6.07 Å². The van der Waals surface area contributed by atoms with Crippen LogP contribution in [0, 0.1) is 11.3 Å². The largest absolute Gasteiger partial charge is 0.438 e. The van der Waals surface area contributed by atoms with Crippen molar-refractivity contribution in [3.63, 3.8) is 0 Å². The van der Waals surface area contributed by atoms with Gasteiger partial charge >= 0.3 is 0 Å². The Balaban J connectivity index is 2.11. The molecular weight excluding hydrogens is 294 g/mol. The molecular formula is C13H11N3O4S. The smallest absolute Gasteiger partial charge is 0.291 e. The quantitative estimate of drug-likeness (QED) is 0.878. The summed E-state index contributed by atoms with van der Waals surface area (Å²) >= 11 is 0. The molecule has 8 heteroatoms. The minimum Gasteiger partial charge on any atom is -0.438 e. The van der Waals surface area contributed by atoms with Gasteiger partial charge in [-0.15, -0.1) is 0 Å². The van der Waals surface area contributed by atoms with Gasteiger partial charge in [-0.1, -0.05) is 12.1 Å². The van der Waals surface area contributed by atoms with Crippen molar-refractivity contribution in [1.82, 2.24) is 0 Å². The molecule has 1 heterocycles. The van der Waals surface area contributed by atoms with Gasteiger partial charge in [0.15, 0.2) is 5.76 Å². The summed E-state index contributed by atoms with van der Waals surface area (Å²) in [5.41, 5.74) is 1.32. The predicted molar refractivity (Wildman–Crippen MR) is 73.8 cm³/mol. The number of hydrogen-bond donors (Lipinski definition) is 2. The van der Waals surface area contributed by atoms with Crippen LogP contribution in [0.4, 0.5) is 5.69 Å². The highest BCUT2D eigenvalue weighted by Crippen LogP contribution is 2.15. The number of nitrogens with two attached hydrogens (primary N) is 1. The van der Waals surface area contributed by atoms with Gasteiger partial charge in [0.2, 0.25) is 5.09 Å². The third kappa shape index (κ3) is 3.68. The lowest BCUT2D eigenvalue weighted by atomic mass is 10.1. The molecule has 0 saturated carbocycles. The molecule has 21 heavy (non-hydrogen) atoms. The Hall–Kier alpha value is -2.63. The summed E-state index contributed by atoms with van der Waals surface area (Å²) in [7, 11) is -3.98. The summed E-state index contributed by atoms with van der Waals surface area (Å²) in [5, 5.41) is 15.5. The molecule has 1 aromatic carbocycles. The van der Waals surface area contributed by atoms with E-state index < -0.39 is 21.0 Å². The van der Waals surface area contributed by atoms with Gasteiger partial charge in [-0.25, -0.2) is 13.6 Å². The monoisotopic (exact) mass is 305 g/mol. The van der Waals surface area contributed by atoms with E-state index in [4.69, 9.17) is 14.8 Å². The van der Waals surface area contributed by atoms with Gasteiger partial charge in [0, 0.05) is 5.69 Å². The van der Waals surface area contributed by atoms with Crippen LogP contribution in [0.1, 0.15) is 16.1 Å². The summed E-state index contributed by atoms with van der Waals surface area (Å²) in [6.45, 7) is 0. The maximum absolute atomic E-state index is 11.9. The molecule has 2 rings (SSSR count). The zero-order valence-electron chi connectivity index (χ0n) is 10.7. The molecule has 3 N–H and O–H groups in total. The highest BCUT2D eigenvalue weighted by molar-refractivity contribution is 7.89. The van der Waals surface area contributed by atoms with Crippen LogP contribution >= 0.6 is 0 Å². The highest BCUT2D eigenvalue weighted by atomic mass is 32.2. The second-order valence-electron chi connectivity index (χ2n) is 4.15. The summed E-state index contributed by atoms with van der Waals surface area (Å²) in [6, 6.07) is 11.0. The predicted octanol–water partition coefficient (Wildman–Crippen LogP) is 1.25. The normalized spacial score (nSPS) is 10.9. The summed E-state index contributed by atoms with van der Waals surface area (Å²) in [4.78, 5) is 11.9. The van der Waals surface area contributed by atoms with Crippen molar-refractivity contribution in [1.29, 1.82) is 5.26 Å². The lowest BCUT2D eigenvalue weighted by molar-refractivity contribution is 0.0991. The van der Waals surface area contributed by atoms with Gasteiger partial charge < -0.3 is 9.73 Å². The number of primary sulfonamides is 1. The molecule has 7 nitrogen and oxygen atoms in total. The SMILES string of the molecule is N#CCc1ccc(NC(=O)c2ccc(S(N)(=O)=O)o2)cc1. The maximum Gasteiger partial charge on any atom is 0.291 e. The molecule has 0 atom stereocenters.